The zero-order chi connectivity index (χ0) is 18.6. The van der Waals surface area contributed by atoms with Gasteiger partial charge in [0, 0.05) is 24.7 Å². The summed E-state index contributed by atoms with van der Waals surface area (Å²) in [6.07, 6.45) is 0. The fourth-order valence-corrected chi connectivity index (χ4v) is 4.40. The topological polar surface area (TPSA) is 80.5 Å². The third-order valence-corrected chi connectivity index (χ3v) is 5.94. The van der Waals surface area contributed by atoms with E-state index in [4.69, 9.17) is 0 Å². The lowest BCUT2D eigenvalue weighted by Gasteiger charge is -2.27. The number of nitrogens with zero attached hydrogens (tertiary/aromatic N) is 2. The lowest BCUT2D eigenvalue weighted by molar-refractivity contribution is -0.384. The maximum absolute atomic E-state index is 13.1. The minimum absolute atomic E-state index is 0.0897. The van der Waals surface area contributed by atoms with Crippen molar-refractivity contribution in [2.45, 2.75) is 25.6 Å². The highest BCUT2D eigenvalue weighted by Crippen LogP contribution is 2.25. The second kappa shape index (κ2) is 7.71. The van der Waals surface area contributed by atoms with Crippen molar-refractivity contribution in [3.05, 3.63) is 75.6 Å². The van der Waals surface area contributed by atoms with Gasteiger partial charge in [-0.25, -0.2) is 12.8 Å². The van der Waals surface area contributed by atoms with Crippen molar-refractivity contribution < 1.29 is 17.7 Å². The quantitative estimate of drug-likeness (QED) is 0.553. The second-order valence-corrected chi connectivity index (χ2v) is 7.53. The molecule has 0 aliphatic heterocycles. The van der Waals surface area contributed by atoms with Crippen LogP contribution < -0.4 is 0 Å². The predicted molar refractivity (Wildman–Crippen MR) is 92.9 cm³/mol. The van der Waals surface area contributed by atoms with Gasteiger partial charge in [-0.1, -0.05) is 31.2 Å². The molecule has 0 aromatic heterocycles. The second-order valence-electron chi connectivity index (χ2n) is 5.61. The average molecular weight is 366 g/mol. The Morgan fingerprint density at radius 1 is 1.12 bits per heavy atom. The number of rotatable bonds is 7. The summed E-state index contributed by atoms with van der Waals surface area (Å²) in [6, 6.07) is 10.7. The van der Waals surface area contributed by atoms with Gasteiger partial charge in [-0.2, -0.15) is 4.31 Å². The summed E-state index contributed by atoms with van der Waals surface area (Å²) in [5.41, 5.74) is 1.07. The lowest BCUT2D eigenvalue weighted by atomic mass is 10.1. The van der Waals surface area contributed by atoms with Gasteiger partial charge in [-0.05, 0) is 30.2 Å². The third-order valence-electron chi connectivity index (χ3n) is 3.95. The molecule has 0 N–H and O–H groups in total. The zero-order valence-electron chi connectivity index (χ0n) is 13.9. The molecule has 1 unspecified atom stereocenters. The number of non-ortho nitro benzene ring substituents is 1. The van der Waals surface area contributed by atoms with E-state index >= 15 is 0 Å². The maximum Gasteiger partial charge on any atom is 0.269 e. The van der Waals surface area contributed by atoms with E-state index in [1.165, 1.54) is 40.7 Å². The number of nitro groups is 1. The van der Waals surface area contributed by atoms with E-state index in [0.29, 0.717) is 11.1 Å². The summed E-state index contributed by atoms with van der Waals surface area (Å²) < 4.78 is 39.9. The van der Waals surface area contributed by atoms with Gasteiger partial charge in [-0.3, -0.25) is 10.1 Å². The molecule has 0 spiro atoms. The summed E-state index contributed by atoms with van der Waals surface area (Å²) in [6.45, 7) is 3.73. The van der Waals surface area contributed by atoms with Gasteiger partial charge in [0.2, 0.25) is 10.0 Å². The fraction of sp³-hybridized carbons (Fsp3) is 0.294. The molecule has 25 heavy (non-hydrogen) atoms. The van der Waals surface area contributed by atoms with Crippen LogP contribution in [0, 0.1) is 15.9 Å². The summed E-state index contributed by atoms with van der Waals surface area (Å²) in [7, 11) is -3.65. The van der Waals surface area contributed by atoms with Crippen molar-refractivity contribution in [3.8, 4) is 0 Å². The number of nitro benzene ring substituents is 1. The molecule has 0 aliphatic rings. The Kier molecular flexibility index (Phi) is 5.86. The summed E-state index contributed by atoms with van der Waals surface area (Å²) in [5.74, 6) is -0.641. The van der Waals surface area contributed by atoms with E-state index in [1.807, 2.05) is 0 Å². The number of halogens is 1. The predicted octanol–water partition coefficient (Wildman–Crippen LogP) is 3.65. The number of hydrogen-bond donors (Lipinski definition) is 0. The van der Waals surface area contributed by atoms with Crippen LogP contribution in [0.25, 0.3) is 0 Å². The van der Waals surface area contributed by atoms with Crippen LogP contribution in [-0.4, -0.2) is 24.2 Å². The van der Waals surface area contributed by atoms with Gasteiger partial charge in [0.15, 0.2) is 0 Å². The van der Waals surface area contributed by atoms with Crippen LogP contribution in [0.5, 0.6) is 0 Å². The molecule has 1 atom stereocenters. The summed E-state index contributed by atoms with van der Waals surface area (Å²) in [5, 5.41) is 10.7. The van der Waals surface area contributed by atoms with Crippen LogP contribution in [0.1, 0.15) is 31.0 Å². The number of sulfonamides is 1. The molecular formula is C17H19FN2O4S. The van der Waals surface area contributed by atoms with Gasteiger partial charge >= 0.3 is 0 Å². The first-order valence-corrected chi connectivity index (χ1v) is 9.34. The number of hydrogen-bond acceptors (Lipinski definition) is 4. The normalized spacial score (nSPS) is 13.0. The van der Waals surface area contributed by atoms with Crippen molar-refractivity contribution in [1.29, 1.82) is 0 Å². The van der Waals surface area contributed by atoms with E-state index in [0.717, 1.165) is 0 Å². The van der Waals surface area contributed by atoms with Crippen molar-refractivity contribution in [3.63, 3.8) is 0 Å². The Balaban J connectivity index is 2.22. The van der Waals surface area contributed by atoms with E-state index in [-0.39, 0.29) is 23.8 Å². The molecule has 134 valence electrons. The van der Waals surface area contributed by atoms with Crippen molar-refractivity contribution in [2.75, 3.05) is 6.54 Å². The molecular weight excluding hydrogens is 347 g/mol. The minimum atomic E-state index is -3.65. The van der Waals surface area contributed by atoms with Crippen LogP contribution in [-0.2, 0) is 15.8 Å². The summed E-state index contributed by atoms with van der Waals surface area (Å²) in [4.78, 5) is 10.1. The highest BCUT2D eigenvalue weighted by atomic mass is 32.2. The van der Waals surface area contributed by atoms with E-state index in [9.17, 15) is 22.9 Å². The van der Waals surface area contributed by atoms with Gasteiger partial charge < -0.3 is 0 Å². The number of benzene rings is 2. The largest absolute Gasteiger partial charge is 0.269 e. The Bertz CT molecular complexity index is 836. The first-order valence-electron chi connectivity index (χ1n) is 7.73. The van der Waals surface area contributed by atoms with Gasteiger partial charge in [0.25, 0.3) is 5.69 Å². The van der Waals surface area contributed by atoms with Crippen molar-refractivity contribution in [2.24, 2.45) is 0 Å². The molecule has 2 aromatic rings. The Hall–Kier alpha value is -2.32. The van der Waals surface area contributed by atoms with Gasteiger partial charge in [0.1, 0.15) is 5.82 Å². The van der Waals surface area contributed by atoms with Crippen LogP contribution in [0.3, 0.4) is 0 Å². The Labute approximate surface area is 146 Å². The van der Waals surface area contributed by atoms with Crippen LogP contribution in [0.2, 0.25) is 0 Å². The SMILES string of the molecule is CCN(C(C)c1ccc(F)cc1)S(=O)(=O)Cc1ccc([N+](=O)[O-])cc1. The summed E-state index contributed by atoms with van der Waals surface area (Å²) >= 11 is 0. The third kappa shape index (κ3) is 4.61. The van der Waals surface area contributed by atoms with Crippen LogP contribution >= 0.6 is 0 Å². The molecule has 0 bridgehead atoms. The van der Waals surface area contributed by atoms with Crippen molar-refractivity contribution >= 4 is 15.7 Å². The Morgan fingerprint density at radius 2 is 1.68 bits per heavy atom. The molecule has 0 fully saturated rings. The molecule has 0 amide bonds. The van der Waals surface area contributed by atoms with E-state index in [2.05, 4.69) is 0 Å². The highest BCUT2D eigenvalue weighted by molar-refractivity contribution is 7.88. The average Bonchev–Trinajstić information content (AvgIpc) is 2.55. The van der Waals surface area contributed by atoms with E-state index < -0.39 is 21.0 Å². The van der Waals surface area contributed by atoms with Crippen molar-refractivity contribution in [1.82, 2.24) is 4.31 Å². The van der Waals surface area contributed by atoms with E-state index in [1.54, 1.807) is 26.0 Å². The Morgan fingerprint density at radius 3 is 2.16 bits per heavy atom. The molecule has 0 radical (unpaired) electrons. The molecule has 6 nitrogen and oxygen atoms in total. The zero-order valence-corrected chi connectivity index (χ0v) is 14.7. The molecule has 2 rings (SSSR count). The lowest BCUT2D eigenvalue weighted by Crippen LogP contribution is -2.34. The fourth-order valence-electron chi connectivity index (χ4n) is 2.63. The first kappa shape index (κ1) is 19.0. The molecule has 0 saturated carbocycles. The van der Waals surface area contributed by atoms with Gasteiger partial charge in [0.05, 0.1) is 10.7 Å². The molecule has 0 saturated heterocycles. The minimum Gasteiger partial charge on any atom is -0.258 e. The molecule has 0 aliphatic carbocycles. The standard InChI is InChI=1S/C17H19FN2O4S/c1-3-19(13(2)15-6-8-16(18)9-7-15)25(23,24)12-14-4-10-17(11-5-14)20(21)22/h4-11,13H,3,12H2,1-2H3. The monoisotopic (exact) mass is 366 g/mol. The van der Waals surface area contributed by atoms with Crippen LogP contribution in [0.15, 0.2) is 48.5 Å². The molecule has 8 heteroatoms. The van der Waals surface area contributed by atoms with Crippen LogP contribution in [0.4, 0.5) is 10.1 Å². The molecule has 0 heterocycles. The maximum atomic E-state index is 13.1. The molecule has 2 aromatic carbocycles. The van der Waals surface area contributed by atoms with Gasteiger partial charge in [-0.15, -0.1) is 0 Å². The smallest absolute Gasteiger partial charge is 0.258 e. The highest BCUT2D eigenvalue weighted by Gasteiger charge is 2.27. The first-order chi connectivity index (χ1) is 11.7.